The Morgan fingerprint density at radius 3 is 2.84 bits per heavy atom. The molecule has 1 fully saturated rings. The average molecular weight is 256 g/mol. The maximum atomic E-state index is 12.3. The molecule has 98 valence electrons. The molecule has 1 aliphatic carbocycles. The molecule has 0 saturated heterocycles. The van der Waals surface area contributed by atoms with Gasteiger partial charge in [-0.25, -0.2) is 0 Å². The molecule has 3 rings (SSSR count). The van der Waals surface area contributed by atoms with Crippen LogP contribution in [0.15, 0.2) is 40.8 Å². The van der Waals surface area contributed by atoms with Crippen molar-refractivity contribution in [3.63, 3.8) is 0 Å². The number of furan rings is 1. The number of ether oxygens (including phenoxy) is 1. The minimum atomic E-state index is -0.0963. The van der Waals surface area contributed by atoms with Crippen LogP contribution in [-0.2, 0) is 6.42 Å². The topological polar surface area (TPSA) is 39.4 Å². The van der Waals surface area contributed by atoms with Crippen molar-refractivity contribution in [2.75, 3.05) is 0 Å². The third kappa shape index (κ3) is 2.70. The molecule has 3 nitrogen and oxygen atoms in total. The normalized spacial score (nSPS) is 14.4. The highest BCUT2D eigenvalue weighted by Gasteiger charge is 2.24. The molecule has 1 aliphatic rings. The van der Waals surface area contributed by atoms with Crippen LogP contribution in [0.3, 0.4) is 0 Å². The van der Waals surface area contributed by atoms with Gasteiger partial charge in [-0.2, -0.15) is 0 Å². The Morgan fingerprint density at radius 2 is 2.16 bits per heavy atom. The van der Waals surface area contributed by atoms with E-state index >= 15 is 0 Å². The molecule has 19 heavy (non-hydrogen) atoms. The number of rotatable bonds is 5. The minimum absolute atomic E-state index is 0.0963. The van der Waals surface area contributed by atoms with Gasteiger partial charge in [-0.05, 0) is 37.1 Å². The fourth-order valence-corrected chi connectivity index (χ4v) is 1.92. The molecule has 3 heteroatoms. The van der Waals surface area contributed by atoms with Gasteiger partial charge in [0.05, 0.1) is 6.10 Å². The Kier molecular flexibility index (Phi) is 3.11. The SMILES string of the molecule is CCc1ccc(C(=O)c2cccc(OC3CC3)c2)o1. The van der Waals surface area contributed by atoms with E-state index in [9.17, 15) is 4.79 Å². The smallest absolute Gasteiger partial charge is 0.228 e. The molecule has 0 amide bonds. The Balaban J connectivity index is 1.81. The van der Waals surface area contributed by atoms with Gasteiger partial charge in [-0.3, -0.25) is 4.79 Å². The largest absolute Gasteiger partial charge is 0.490 e. The average Bonchev–Trinajstić information content (AvgIpc) is 3.11. The van der Waals surface area contributed by atoms with Crippen LogP contribution in [0, 0.1) is 0 Å². The number of hydrogen-bond acceptors (Lipinski definition) is 3. The van der Waals surface area contributed by atoms with E-state index in [0.29, 0.717) is 17.4 Å². The van der Waals surface area contributed by atoms with Gasteiger partial charge in [0.1, 0.15) is 11.5 Å². The Bertz CT molecular complexity index is 594. The summed E-state index contributed by atoms with van der Waals surface area (Å²) >= 11 is 0. The summed E-state index contributed by atoms with van der Waals surface area (Å²) in [7, 11) is 0. The molecule has 2 aromatic rings. The van der Waals surface area contributed by atoms with Crippen molar-refractivity contribution in [3.8, 4) is 5.75 Å². The summed E-state index contributed by atoms with van der Waals surface area (Å²) in [6, 6.07) is 10.9. The first-order chi connectivity index (χ1) is 9.26. The monoisotopic (exact) mass is 256 g/mol. The van der Waals surface area contributed by atoms with E-state index in [1.807, 2.05) is 25.1 Å². The predicted molar refractivity (Wildman–Crippen MR) is 71.6 cm³/mol. The molecule has 0 aliphatic heterocycles. The van der Waals surface area contributed by atoms with Crippen molar-refractivity contribution in [2.45, 2.75) is 32.3 Å². The lowest BCUT2D eigenvalue weighted by atomic mass is 10.1. The summed E-state index contributed by atoms with van der Waals surface area (Å²) < 4.78 is 11.2. The van der Waals surface area contributed by atoms with Gasteiger partial charge < -0.3 is 9.15 Å². The molecule has 1 saturated carbocycles. The van der Waals surface area contributed by atoms with E-state index in [1.54, 1.807) is 18.2 Å². The van der Waals surface area contributed by atoms with Gasteiger partial charge in [0.2, 0.25) is 5.78 Å². The fourth-order valence-electron chi connectivity index (χ4n) is 1.92. The first-order valence-corrected chi connectivity index (χ1v) is 6.66. The summed E-state index contributed by atoms with van der Waals surface area (Å²) in [5.74, 6) is 1.88. The van der Waals surface area contributed by atoms with E-state index in [-0.39, 0.29) is 5.78 Å². The quantitative estimate of drug-likeness (QED) is 0.767. The lowest BCUT2D eigenvalue weighted by Gasteiger charge is -2.05. The van der Waals surface area contributed by atoms with Crippen LogP contribution in [0.4, 0.5) is 0 Å². The molecule has 0 radical (unpaired) electrons. The maximum Gasteiger partial charge on any atom is 0.228 e. The Hall–Kier alpha value is -2.03. The van der Waals surface area contributed by atoms with E-state index in [4.69, 9.17) is 9.15 Å². The number of ketones is 1. The zero-order valence-electron chi connectivity index (χ0n) is 10.9. The number of aryl methyl sites for hydroxylation is 1. The molecule has 1 heterocycles. The van der Waals surface area contributed by atoms with Crippen molar-refractivity contribution >= 4 is 5.78 Å². The molecule has 0 unspecified atom stereocenters. The summed E-state index contributed by atoms with van der Waals surface area (Å²) in [5.41, 5.74) is 0.607. The highest BCUT2D eigenvalue weighted by molar-refractivity contribution is 6.07. The Morgan fingerprint density at radius 1 is 1.32 bits per heavy atom. The highest BCUT2D eigenvalue weighted by Crippen LogP contribution is 2.27. The van der Waals surface area contributed by atoms with Crippen LogP contribution < -0.4 is 4.74 Å². The number of benzene rings is 1. The van der Waals surface area contributed by atoms with Gasteiger partial charge in [0.15, 0.2) is 5.76 Å². The van der Waals surface area contributed by atoms with Crippen LogP contribution in [0.2, 0.25) is 0 Å². The molecule has 1 aromatic carbocycles. The van der Waals surface area contributed by atoms with Gasteiger partial charge >= 0.3 is 0 Å². The second kappa shape index (κ2) is 4.92. The van der Waals surface area contributed by atoms with Crippen molar-refractivity contribution in [1.82, 2.24) is 0 Å². The molecule has 0 bridgehead atoms. The zero-order valence-corrected chi connectivity index (χ0v) is 10.9. The van der Waals surface area contributed by atoms with Crippen molar-refractivity contribution < 1.29 is 13.9 Å². The second-order valence-electron chi connectivity index (χ2n) is 4.79. The fraction of sp³-hybridized carbons (Fsp3) is 0.312. The zero-order chi connectivity index (χ0) is 13.2. The predicted octanol–water partition coefficient (Wildman–Crippen LogP) is 3.61. The highest BCUT2D eigenvalue weighted by atomic mass is 16.5. The van der Waals surface area contributed by atoms with E-state index in [2.05, 4.69) is 0 Å². The van der Waals surface area contributed by atoms with Crippen molar-refractivity contribution in [1.29, 1.82) is 0 Å². The minimum Gasteiger partial charge on any atom is -0.490 e. The third-order valence-corrected chi connectivity index (χ3v) is 3.16. The summed E-state index contributed by atoms with van der Waals surface area (Å²) in [6.45, 7) is 2.00. The van der Waals surface area contributed by atoms with E-state index in [0.717, 1.165) is 30.8 Å². The maximum absolute atomic E-state index is 12.3. The second-order valence-corrected chi connectivity index (χ2v) is 4.79. The molecule has 0 atom stereocenters. The molecule has 0 N–H and O–H groups in total. The van der Waals surface area contributed by atoms with Gasteiger partial charge in [-0.15, -0.1) is 0 Å². The van der Waals surface area contributed by atoms with E-state index < -0.39 is 0 Å². The van der Waals surface area contributed by atoms with Crippen LogP contribution in [-0.4, -0.2) is 11.9 Å². The first-order valence-electron chi connectivity index (χ1n) is 6.66. The number of hydrogen-bond donors (Lipinski definition) is 0. The number of carbonyl (C=O) groups excluding carboxylic acids is 1. The van der Waals surface area contributed by atoms with Crippen LogP contribution in [0.25, 0.3) is 0 Å². The van der Waals surface area contributed by atoms with Gasteiger partial charge in [0.25, 0.3) is 0 Å². The summed E-state index contributed by atoms with van der Waals surface area (Å²) in [5, 5.41) is 0. The summed E-state index contributed by atoms with van der Waals surface area (Å²) in [6.07, 6.45) is 3.34. The lowest BCUT2D eigenvalue weighted by Crippen LogP contribution is -2.01. The van der Waals surface area contributed by atoms with E-state index in [1.165, 1.54) is 0 Å². The lowest BCUT2D eigenvalue weighted by molar-refractivity contribution is 0.101. The standard InChI is InChI=1S/C16H16O3/c1-2-12-8-9-15(19-12)16(17)11-4-3-5-14(10-11)18-13-6-7-13/h3-5,8-10,13H,2,6-7H2,1H3. The molecular weight excluding hydrogens is 240 g/mol. The third-order valence-electron chi connectivity index (χ3n) is 3.16. The summed E-state index contributed by atoms with van der Waals surface area (Å²) in [4.78, 5) is 12.3. The Labute approximate surface area is 112 Å². The van der Waals surface area contributed by atoms with Crippen LogP contribution >= 0.6 is 0 Å². The first kappa shape index (κ1) is 12.0. The molecular formula is C16H16O3. The van der Waals surface area contributed by atoms with Crippen molar-refractivity contribution in [2.24, 2.45) is 0 Å². The van der Waals surface area contributed by atoms with Gasteiger partial charge in [0, 0.05) is 12.0 Å². The molecule has 0 spiro atoms. The number of carbonyl (C=O) groups is 1. The van der Waals surface area contributed by atoms with Crippen LogP contribution in [0.1, 0.15) is 41.6 Å². The van der Waals surface area contributed by atoms with Gasteiger partial charge in [-0.1, -0.05) is 19.1 Å². The van der Waals surface area contributed by atoms with Crippen LogP contribution in [0.5, 0.6) is 5.75 Å². The molecule has 1 aromatic heterocycles. The van der Waals surface area contributed by atoms with Crippen molar-refractivity contribution in [3.05, 3.63) is 53.5 Å².